The number of pyridine rings is 1. The predicted octanol–water partition coefficient (Wildman–Crippen LogP) is 4.73. The van der Waals surface area contributed by atoms with Gasteiger partial charge in [0.15, 0.2) is 11.9 Å². The molecule has 0 unspecified atom stereocenters. The number of fused-ring (bicyclic) bond motifs is 2. The minimum Gasteiger partial charge on any atom is -0.480 e. The van der Waals surface area contributed by atoms with Crippen molar-refractivity contribution in [2.45, 2.75) is 76.5 Å². The third kappa shape index (κ3) is 9.18. The number of nitrogens with zero attached hydrogens (tertiary/aromatic N) is 6. The van der Waals surface area contributed by atoms with E-state index in [1.165, 1.54) is 0 Å². The van der Waals surface area contributed by atoms with Gasteiger partial charge in [-0.25, -0.2) is 14.8 Å². The van der Waals surface area contributed by atoms with Crippen LogP contribution in [0.2, 0.25) is 0 Å². The molecule has 55 heavy (non-hydrogen) atoms. The fraction of sp³-hybridized carbons (Fsp3) is 0.475. The van der Waals surface area contributed by atoms with E-state index in [-0.39, 0.29) is 17.2 Å². The molecule has 0 spiro atoms. The second-order valence-corrected chi connectivity index (χ2v) is 16.1. The van der Waals surface area contributed by atoms with E-state index < -0.39 is 34.4 Å². The molecule has 3 amide bonds. The number of ether oxygens (including phenoxy) is 3. The molecule has 5 rings (SSSR count). The third-order valence-corrected chi connectivity index (χ3v) is 9.79. The van der Waals surface area contributed by atoms with Crippen LogP contribution in [0.4, 0.5) is 10.6 Å². The number of rotatable bonds is 15. The second-order valence-electron chi connectivity index (χ2n) is 16.1. The van der Waals surface area contributed by atoms with Crippen molar-refractivity contribution in [1.29, 1.82) is 0 Å². The lowest BCUT2D eigenvalue weighted by Gasteiger charge is -2.35. The largest absolute Gasteiger partial charge is 0.480 e. The smallest absolute Gasteiger partial charge is 0.321 e. The van der Waals surface area contributed by atoms with E-state index >= 15 is 0 Å². The number of hydrogen-bond donors (Lipinski definition) is 3. The summed E-state index contributed by atoms with van der Waals surface area (Å²) in [6, 6.07) is 11.8. The minimum atomic E-state index is -1.53. The van der Waals surface area contributed by atoms with Gasteiger partial charge in [-0.05, 0) is 50.7 Å². The van der Waals surface area contributed by atoms with Crippen LogP contribution in [0.3, 0.4) is 0 Å². The number of carbonyl (C=O) groups excluding carboxylic acids is 3. The quantitative estimate of drug-likeness (QED) is 0.113. The topological polar surface area (TPSA) is 174 Å². The van der Waals surface area contributed by atoms with Crippen LogP contribution >= 0.6 is 0 Å². The fourth-order valence-electron chi connectivity index (χ4n) is 6.25. The zero-order chi connectivity index (χ0) is 40.2. The Balaban J connectivity index is 1.36. The highest BCUT2D eigenvalue weighted by molar-refractivity contribution is 5.94. The SMILES string of the molecule is COCCN(C)C(C)(C)CNC(=O)c1nc(NC(=O)N[C@@]2(C=O)C=C[C@@H](Oc3ccc4nnc(C(C)(C)COC)n4c3)c3ccccc32)cc(C(C)(C)C)n1. The van der Waals surface area contributed by atoms with E-state index in [1.807, 2.05) is 90.4 Å². The minimum absolute atomic E-state index is 0.0925. The number of aromatic nitrogens is 5. The van der Waals surface area contributed by atoms with Crippen molar-refractivity contribution < 1.29 is 28.6 Å². The van der Waals surface area contributed by atoms with Crippen LogP contribution in [0.5, 0.6) is 5.75 Å². The zero-order valence-corrected chi connectivity index (χ0v) is 33.4. The summed E-state index contributed by atoms with van der Waals surface area (Å²) in [5, 5.41) is 17.2. The molecule has 0 fully saturated rings. The van der Waals surface area contributed by atoms with Gasteiger partial charge in [-0.15, -0.1) is 10.2 Å². The Labute approximate surface area is 322 Å². The summed E-state index contributed by atoms with van der Waals surface area (Å²) in [6.07, 6.45) is 5.27. The van der Waals surface area contributed by atoms with Crippen molar-refractivity contribution >= 4 is 29.7 Å². The summed E-state index contributed by atoms with van der Waals surface area (Å²) in [5.41, 5.74) is -0.365. The maximum Gasteiger partial charge on any atom is 0.321 e. The summed E-state index contributed by atoms with van der Waals surface area (Å²) in [6.45, 7) is 15.9. The Hall–Kier alpha value is -5.25. The average Bonchev–Trinajstić information content (AvgIpc) is 3.58. The third-order valence-electron chi connectivity index (χ3n) is 9.79. The molecule has 0 saturated carbocycles. The molecule has 1 aromatic carbocycles. The Morgan fingerprint density at radius 2 is 1.75 bits per heavy atom. The molecule has 0 aliphatic heterocycles. The standard InChI is InChI=1S/C40H53N9O6/c1-37(2,3)30-21-31(43-33(42-30)34(51)41-23-39(6,7)48(8)19-20-53-9)44-36(52)45-40(24-50)18-17-29(27-13-11-12-14-28(27)40)55-26-15-16-32-46-47-35(49(32)22-26)38(4,5)25-54-10/h11-18,21-22,24,29H,19-20,23,25H2,1-10H3,(H,41,51)(H2,42,43,44,45,52)/t29-,40-/m1/s1. The molecule has 15 nitrogen and oxygen atoms in total. The summed E-state index contributed by atoms with van der Waals surface area (Å²) < 4.78 is 19.0. The highest BCUT2D eigenvalue weighted by atomic mass is 16.5. The number of likely N-dealkylation sites (N-methyl/N-ethyl adjacent to an activating group) is 1. The number of nitrogens with one attached hydrogen (secondary N) is 3. The van der Waals surface area contributed by atoms with E-state index in [4.69, 9.17) is 14.2 Å². The molecule has 4 aromatic rings. The van der Waals surface area contributed by atoms with Crippen LogP contribution in [0.1, 0.15) is 87.8 Å². The molecule has 294 valence electrons. The maximum absolute atomic E-state index is 13.7. The van der Waals surface area contributed by atoms with E-state index in [0.29, 0.717) is 60.8 Å². The lowest BCUT2D eigenvalue weighted by atomic mass is 9.81. The van der Waals surface area contributed by atoms with E-state index in [1.54, 1.807) is 44.6 Å². The number of benzene rings is 1. The first-order valence-corrected chi connectivity index (χ1v) is 18.2. The Kier molecular flexibility index (Phi) is 12.1. The Bertz CT molecular complexity index is 2050. The Morgan fingerprint density at radius 3 is 2.44 bits per heavy atom. The van der Waals surface area contributed by atoms with Gasteiger partial charge in [0.05, 0.1) is 25.1 Å². The highest BCUT2D eigenvalue weighted by Crippen LogP contribution is 2.37. The molecule has 0 radical (unpaired) electrons. The van der Waals surface area contributed by atoms with Gasteiger partial charge in [0, 0.05) is 55.3 Å². The van der Waals surface area contributed by atoms with Crippen molar-refractivity contribution in [3.8, 4) is 5.75 Å². The lowest BCUT2D eigenvalue weighted by molar-refractivity contribution is -0.111. The van der Waals surface area contributed by atoms with Gasteiger partial charge in [-0.2, -0.15) is 0 Å². The maximum atomic E-state index is 13.7. The number of aldehydes is 1. The van der Waals surface area contributed by atoms with Crippen molar-refractivity contribution in [2.24, 2.45) is 0 Å². The van der Waals surface area contributed by atoms with Gasteiger partial charge in [-0.1, -0.05) is 58.9 Å². The summed E-state index contributed by atoms with van der Waals surface area (Å²) in [5.74, 6) is 0.800. The molecule has 2 atom stereocenters. The first kappa shape index (κ1) is 40.9. The van der Waals surface area contributed by atoms with Crippen LogP contribution in [-0.2, 0) is 30.6 Å². The van der Waals surface area contributed by atoms with Crippen molar-refractivity contribution in [3.05, 3.63) is 89.3 Å². The van der Waals surface area contributed by atoms with Crippen LogP contribution < -0.4 is 20.7 Å². The molecule has 1 aliphatic carbocycles. The van der Waals surface area contributed by atoms with Gasteiger partial charge in [0.1, 0.15) is 29.0 Å². The molecule has 15 heteroatoms. The molecule has 3 aromatic heterocycles. The van der Waals surface area contributed by atoms with Gasteiger partial charge in [-0.3, -0.25) is 24.2 Å². The first-order valence-electron chi connectivity index (χ1n) is 18.2. The van der Waals surface area contributed by atoms with Crippen LogP contribution in [0.15, 0.2) is 60.8 Å². The number of amides is 3. The zero-order valence-electron chi connectivity index (χ0n) is 33.4. The summed E-state index contributed by atoms with van der Waals surface area (Å²) >= 11 is 0. The fourth-order valence-corrected chi connectivity index (χ4v) is 6.25. The van der Waals surface area contributed by atoms with Gasteiger partial charge >= 0.3 is 6.03 Å². The van der Waals surface area contributed by atoms with Crippen molar-refractivity contribution in [2.75, 3.05) is 52.9 Å². The monoisotopic (exact) mass is 755 g/mol. The van der Waals surface area contributed by atoms with E-state index in [9.17, 15) is 14.4 Å². The molecular formula is C40H53N9O6. The van der Waals surface area contributed by atoms with E-state index in [0.717, 1.165) is 5.82 Å². The predicted molar refractivity (Wildman–Crippen MR) is 208 cm³/mol. The molecule has 0 bridgehead atoms. The number of urea groups is 1. The van der Waals surface area contributed by atoms with Gasteiger partial charge in [0.2, 0.25) is 5.82 Å². The number of carbonyl (C=O) groups is 3. The van der Waals surface area contributed by atoms with Crippen LogP contribution in [0, 0.1) is 0 Å². The lowest BCUT2D eigenvalue weighted by Crippen LogP contribution is -2.51. The number of anilines is 1. The Morgan fingerprint density at radius 1 is 1.00 bits per heavy atom. The normalized spacial score (nSPS) is 17.2. The summed E-state index contributed by atoms with van der Waals surface area (Å²) in [4.78, 5) is 51.1. The van der Waals surface area contributed by atoms with Crippen molar-refractivity contribution in [3.63, 3.8) is 0 Å². The first-order chi connectivity index (χ1) is 25.9. The van der Waals surface area contributed by atoms with Crippen LogP contribution in [-0.4, -0.2) is 101 Å². The summed E-state index contributed by atoms with van der Waals surface area (Å²) in [7, 11) is 5.25. The van der Waals surface area contributed by atoms with Crippen LogP contribution in [0.25, 0.3) is 5.65 Å². The average molecular weight is 756 g/mol. The second kappa shape index (κ2) is 16.2. The molecule has 3 N–H and O–H groups in total. The molecule has 0 saturated heterocycles. The van der Waals surface area contributed by atoms with Gasteiger partial charge < -0.3 is 24.8 Å². The molecule has 1 aliphatic rings. The van der Waals surface area contributed by atoms with E-state index in [2.05, 4.69) is 41.0 Å². The number of methoxy groups -OCH3 is 2. The highest BCUT2D eigenvalue weighted by Gasteiger charge is 2.39. The number of hydrogen-bond acceptors (Lipinski definition) is 11. The molecular weight excluding hydrogens is 702 g/mol. The van der Waals surface area contributed by atoms with Gasteiger partial charge in [0.25, 0.3) is 5.91 Å². The van der Waals surface area contributed by atoms with Crippen molar-refractivity contribution in [1.82, 2.24) is 40.1 Å². The molecule has 3 heterocycles.